The van der Waals surface area contributed by atoms with Gasteiger partial charge in [-0.3, -0.25) is 0 Å². The third kappa shape index (κ3) is 21.4. The molecule has 0 aliphatic heterocycles. The van der Waals surface area contributed by atoms with E-state index in [4.69, 9.17) is 4.74 Å². The molecule has 16 rings (SSSR count). The fourth-order valence-corrected chi connectivity index (χ4v) is 22.9. The summed E-state index contributed by atoms with van der Waals surface area (Å²) in [7, 11) is 1.42. The summed E-state index contributed by atoms with van der Waals surface area (Å²) in [5.41, 5.74) is 2.84. The highest BCUT2D eigenvalue weighted by molar-refractivity contribution is 7.98. The molecule has 1 saturated carbocycles. The third-order valence-electron chi connectivity index (χ3n) is 17.6. The van der Waals surface area contributed by atoms with Crippen LogP contribution in [-0.2, 0) is 54.5 Å². The van der Waals surface area contributed by atoms with E-state index < -0.39 is 0 Å². The number of aromatic hydroxyl groups is 1. The predicted octanol–water partition coefficient (Wildman–Crippen LogP) is 26.0. The third-order valence-corrected chi connectivity index (χ3v) is 28.7. The van der Waals surface area contributed by atoms with Crippen LogP contribution in [0.3, 0.4) is 0 Å². The first-order valence-electron chi connectivity index (χ1n) is 35.8. The molecule has 0 radical (unpaired) electrons. The predicted molar refractivity (Wildman–Crippen MR) is 446 cm³/mol. The van der Waals surface area contributed by atoms with Crippen LogP contribution in [0, 0.1) is 6.92 Å². The van der Waals surface area contributed by atoms with Crippen LogP contribution in [0.5, 0.6) is 11.5 Å². The van der Waals surface area contributed by atoms with Crippen molar-refractivity contribution in [2.24, 2.45) is 0 Å². The topological polar surface area (TPSA) is 29.5 Å². The molecule has 0 spiro atoms. The number of hydrogen-bond donors (Lipinski definition) is 1. The van der Waals surface area contributed by atoms with Crippen molar-refractivity contribution in [3.8, 4) is 11.5 Å². The van der Waals surface area contributed by atoms with E-state index in [1.165, 1.54) is 117 Å². The van der Waals surface area contributed by atoms with Crippen molar-refractivity contribution in [3.05, 3.63) is 442 Å². The van der Waals surface area contributed by atoms with Crippen LogP contribution in [0.2, 0.25) is 0 Å². The molecular weight excluding hydrogens is 1370 g/mol. The molecule has 518 valence electrons. The van der Waals surface area contributed by atoms with Crippen molar-refractivity contribution in [3.63, 3.8) is 0 Å². The maximum Gasteiger partial charge on any atom is 0.166 e. The van der Waals surface area contributed by atoms with Gasteiger partial charge in [0.15, 0.2) is 73.4 Å². The maximum absolute atomic E-state index is 9.48. The van der Waals surface area contributed by atoms with Gasteiger partial charge in [-0.15, -0.1) is 0 Å². The lowest BCUT2D eigenvalue weighted by Gasteiger charge is -2.22. The Kier molecular flexibility index (Phi) is 28.4. The number of rotatable bonds is 17. The SMILES string of the molecule is COc1ccc([S+](c2ccccc2)c2ccccc2)cc1.Cc1ccc([S+](c2ccccc2)c2ccccc2)cc1.Oc1ccc([S+](c2ccccc2)c2ccccc2)cc1.c1ccc([S+](c2ccccc2)c2ccc(C3CCCCC3)cc2)cc1.c1ccc([S+](c2ccccc2)c2ccccc2)cc1. The van der Waals surface area contributed by atoms with Crippen LogP contribution in [-0.4, -0.2) is 12.2 Å². The van der Waals surface area contributed by atoms with Gasteiger partial charge in [0.25, 0.3) is 0 Å². The highest BCUT2D eigenvalue weighted by atomic mass is 32.2. The molecule has 0 unspecified atom stereocenters. The van der Waals surface area contributed by atoms with Gasteiger partial charge in [0.2, 0.25) is 0 Å². The Hall–Kier alpha value is -10.4. The summed E-state index contributed by atoms with van der Waals surface area (Å²) in [6.45, 7) is 2.13. The lowest BCUT2D eigenvalue weighted by Crippen LogP contribution is -2.07. The average molecular weight is 1460 g/mol. The molecule has 0 heterocycles. The minimum absolute atomic E-state index is 0.0146. The van der Waals surface area contributed by atoms with E-state index in [2.05, 4.69) is 389 Å². The Balaban J connectivity index is 0.000000124. The summed E-state index contributed by atoms with van der Waals surface area (Å²) in [6, 6.07) is 152. The van der Waals surface area contributed by atoms with Crippen LogP contribution >= 0.6 is 0 Å². The second-order valence-corrected chi connectivity index (χ2v) is 35.0. The lowest BCUT2D eigenvalue weighted by atomic mass is 9.84. The first-order valence-corrected chi connectivity index (χ1v) is 41.9. The molecule has 0 aromatic heterocycles. The Labute approximate surface area is 638 Å². The summed E-state index contributed by atoms with van der Waals surface area (Å²) < 4.78 is 5.26. The van der Waals surface area contributed by atoms with Crippen molar-refractivity contribution in [2.75, 3.05) is 7.11 Å². The minimum atomic E-state index is -0.134. The van der Waals surface area contributed by atoms with Gasteiger partial charge in [0, 0.05) is 0 Å². The molecule has 1 aliphatic rings. The molecule has 0 bridgehead atoms. The van der Waals surface area contributed by atoms with Crippen molar-refractivity contribution in [2.45, 2.75) is 118 Å². The van der Waals surface area contributed by atoms with Gasteiger partial charge >= 0.3 is 0 Å². The number of methoxy groups -OCH3 is 1. The zero-order valence-electron chi connectivity index (χ0n) is 59.5. The van der Waals surface area contributed by atoms with Crippen LogP contribution in [0.1, 0.15) is 49.1 Å². The van der Waals surface area contributed by atoms with Crippen molar-refractivity contribution in [1.29, 1.82) is 0 Å². The minimum Gasteiger partial charge on any atom is -0.508 e. The van der Waals surface area contributed by atoms with E-state index in [9.17, 15) is 5.11 Å². The fourth-order valence-electron chi connectivity index (χ4n) is 12.4. The smallest absolute Gasteiger partial charge is 0.166 e. The van der Waals surface area contributed by atoms with E-state index >= 15 is 0 Å². The highest BCUT2D eigenvalue weighted by Crippen LogP contribution is 2.38. The number of phenols is 1. The van der Waals surface area contributed by atoms with Gasteiger partial charge < -0.3 is 9.84 Å². The van der Waals surface area contributed by atoms with Gasteiger partial charge in [-0.25, -0.2) is 0 Å². The van der Waals surface area contributed by atoms with E-state index in [1.54, 1.807) is 19.2 Å². The number of ether oxygens (including phenoxy) is 1. The second-order valence-electron chi connectivity index (χ2n) is 24.9. The lowest BCUT2D eigenvalue weighted by molar-refractivity contribution is 0.414. The molecule has 2 nitrogen and oxygen atoms in total. The molecule has 15 aromatic carbocycles. The molecule has 0 saturated heterocycles. The van der Waals surface area contributed by atoms with Crippen LogP contribution in [0.25, 0.3) is 0 Å². The van der Waals surface area contributed by atoms with Crippen molar-refractivity contribution in [1.82, 2.24) is 0 Å². The number of hydrogen-bond acceptors (Lipinski definition) is 2. The van der Waals surface area contributed by atoms with E-state index in [0.717, 1.165) is 11.7 Å². The van der Waals surface area contributed by atoms with Crippen molar-refractivity contribution >= 4 is 54.5 Å². The van der Waals surface area contributed by atoms with Crippen LogP contribution < -0.4 is 4.74 Å². The summed E-state index contributed by atoms with van der Waals surface area (Å²) in [5, 5.41) is 9.48. The highest BCUT2D eigenvalue weighted by Gasteiger charge is 2.33. The maximum atomic E-state index is 9.48. The summed E-state index contributed by atoms with van der Waals surface area (Å²) in [4.78, 5) is 20.1. The molecule has 0 atom stereocenters. The molecule has 0 amide bonds. The first kappa shape index (κ1) is 74.4. The summed E-state index contributed by atoms with van der Waals surface area (Å²) in [6.07, 6.45) is 6.93. The molecular formula is C98H89O2S5+5. The van der Waals surface area contributed by atoms with E-state index in [0.29, 0.717) is 5.75 Å². The summed E-state index contributed by atoms with van der Waals surface area (Å²) >= 11 is 0. The second kappa shape index (κ2) is 40.1. The Bertz CT molecular complexity index is 4480. The zero-order chi connectivity index (χ0) is 71.9. The van der Waals surface area contributed by atoms with Gasteiger partial charge in [-0.2, -0.15) is 0 Å². The summed E-state index contributed by atoms with van der Waals surface area (Å²) in [5.74, 6) is 1.97. The quantitative estimate of drug-likeness (QED) is 0.0921. The average Bonchev–Trinajstić information content (AvgIpc) is 0.960. The van der Waals surface area contributed by atoms with Crippen LogP contribution in [0.15, 0.2) is 504 Å². The number of aryl methyl sites for hydroxylation is 1. The zero-order valence-corrected chi connectivity index (χ0v) is 63.6. The Morgan fingerprint density at radius 3 is 0.610 bits per heavy atom. The molecule has 1 N–H and O–H groups in total. The number of benzene rings is 15. The first-order chi connectivity index (χ1) is 51.9. The van der Waals surface area contributed by atoms with E-state index in [1.807, 2.05) is 36.4 Å². The number of phenolic OH excluding ortho intramolecular Hbond substituents is 1. The molecule has 1 fully saturated rings. The van der Waals surface area contributed by atoms with E-state index in [-0.39, 0.29) is 54.5 Å². The largest absolute Gasteiger partial charge is 0.508 e. The normalized spacial score (nSPS) is 11.8. The molecule has 105 heavy (non-hydrogen) atoms. The molecule has 7 heteroatoms. The Morgan fingerprint density at radius 1 is 0.219 bits per heavy atom. The van der Waals surface area contributed by atoms with Gasteiger partial charge in [0.1, 0.15) is 11.5 Å². The standard InChI is InChI=1S/C24H25S.C19H17OS.C19H17S.C18H14OS.C18H15S/c1-4-10-20(11-5-1)21-16-18-24(19-17-21)25(22-12-6-2-7-13-22)23-14-8-3-9-15-23;1-20-16-12-14-19(15-13-16)21(17-8-4-2-5-9-17)18-10-6-3-7-11-18;1-16-12-14-19(15-13-16)20(17-8-4-2-5-9-17)18-10-6-3-7-11-18;19-15-11-13-18(14-12-15)20(16-7-3-1-4-8-16)17-9-5-2-6-10-17;1-4-10-16(11-5-1)19(17-12-6-2-7-13-17)18-14-8-3-9-15-18/h2-3,6-9,12-20H,1,4-5,10-11H2;2-15H,1H3;2-15H,1H3;1-14H;1-15H/q3*+1;;+1/p+1. The van der Waals surface area contributed by atoms with Crippen LogP contribution in [0.4, 0.5) is 0 Å². The van der Waals surface area contributed by atoms with Gasteiger partial charge in [-0.05, 0) is 238 Å². The fraction of sp³-hybridized carbons (Fsp3) is 0.0816. The molecule has 1 aliphatic carbocycles. The monoisotopic (exact) mass is 1460 g/mol. The van der Waals surface area contributed by atoms with Gasteiger partial charge in [0.05, 0.1) is 61.6 Å². The molecule has 15 aromatic rings. The van der Waals surface area contributed by atoms with Gasteiger partial charge in [-0.1, -0.05) is 249 Å². The Morgan fingerprint density at radius 2 is 0.400 bits per heavy atom. The van der Waals surface area contributed by atoms with Crippen molar-refractivity contribution < 1.29 is 9.84 Å².